The van der Waals surface area contributed by atoms with E-state index >= 15 is 0 Å². The number of Topliss-reactive ketones (excluding diaryl/α,β-unsaturated/α-hetero) is 1. The van der Waals surface area contributed by atoms with Gasteiger partial charge in [-0.1, -0.05) is 36.4 Å². The van der Waals surface area contributed by atoms with Crippen molar-refractivity contribution in [3.63, 3.8) is 0 Å². The predicted molar refractivity (Wildman–Crippen MR) is 93.4 cm³/mol. The third kappa shape index (κ3) is 5.70. The standard InChI is InChI=1S/C20H24O4/c1-24-20-14-16(8-12-19(20)23)7-9-17(21)10-11-18(22)13-15-5-3-2-4-6-15/h2-6,8,12,14,17,21,23H,7,9-11,13H2,1H3/t17-/m1/s1. The Morgan fingerprint density at radius 3 is 2.54 bits per heavy atom. The Labute approximate surface area is 142 Å². The Balaban J connectivity index is 1.73. The number of rotatable bonds is 9. The van der Waals surface area contributed by atoms with Gasteiger partial charge < -0.3 is 14.9 Å². The Kier molecular flexibility index (Phi) is 6.82. The molecule has 4 heteroatoms. The number of hydrogen-bond acceptors (Lipinski definition) is 4. The van der Waals surface area contributed by atoms with Gasteiger partial charge in [0.05, 0.1) is 13.2 Å². The van der Waals surface area contributed by atoms with Crippen LogP contribution >= 0.6 is 0 Å². The molecular weight excluding hydrogens is 304 g/mol. The van der Waals surface area contributed by atoms with Crippen molar-refractivity contribution in [3.8, 4) is 11.5 Å². The van der Waals surface area contributed by atoms with E-state index in [0.717, 1.165) is 11.1 Å². The number of ether oxygens (including phenoxy) is 1. The van der Waals surface area contributed by atoms with Crippen molar-refractivity contribution in [3.05, 3.63) is 59.7 Å². The molecule has 1 atom stereocenters. The highest BCUT2D eigenvalue weighted by atomic mass is 16.5. The number of carbonyl (C=O) groups is 1. The fraction of sp³-hybridized carbons (Fsp3) is 0.350. The quantitative estimate of drug-likeness (QED) is 0.741. The van der Waals surface area contributed by atoms with Crippen molar-refractivity contribution in [1.29, 1.82) is 0 Å². The van der Waals surface area contributed by atoms with Crippen LogP contribution in [0.1, 0.15) is 30.4 Å². The van der Waals surface area contributed by atoms with Gasteiger partial charge in [0.25, 0.3) is 0 Å². The molecule has 0 unspecified atom stereocenters. The number of aliphatic hydroxyl groups excluding tert-OH is 1. The zero-order chi connectivity index (χ0) is 17.4. The van der Waals surface area contributed by atoms with E-state index < -0.39 is 6.10 Å². The lowest BCUT2D eigenvalue weighted by Crippen LogP contribution is -2.12. The Morgan fingerprint density at radius 2 is 1.83 bits per heavy atom. The van der Waals surface area contributed by atoms with Crippen LogP contribution in [-0.4, -0.2) is 29.2 Å². The Hall–Kier alpha value is -2.33. The first-order valence-corrected chi connectivity index (χ1v) is 8.18. The van der Waals surface area contributed by atoms with Crippen LogP contribution in [0.4, 0.5) is 0 Å². The first-order chi connectivity index (χ1) is 11.6. The summed E-state index contributed by atoms with van der Waals surface area (Å²) in [4.78, 5) is 12.0. The number of benzene rings is 2. The van der Waals surface area contributed by atoms with Gasteiger partial charge in [-0.05, 0) is 42.5 Å². The second-order valence-electron chi connectivity index (χ2n) is 5.94. The minimum Gasteiger partial charge on any atom is -0.504 e. The van der Waals surface area contributed by atoms with Gasteiger partial charge in [0, 0.05) is 12.8 Å². The summed E-state index contributed by atoms with van der Waals surface area (Å²) >= 11 is 0. The summed E-state index contributed by atoms with van der Waals surface area (Å²) < 4.78 is 5.07. The van der Waals surface area contributed by atoms with Crippen molar-refractivity contribution in [1.82, 2.24) is 0 Å². The number of carbonyl (C=O) groups excluding carboxylic acids is 1. The third-order valence-corrected chi connectivity index (χ3v) is 4.01. The summed E-state index contributed by atoms with van der Waals surface area (Å²) in [5, 5.41) is 19.6. The maximum absolute atomic E-state index is 12.0. The molecule has 0 spiro atoms. The summed E-state index contributed by atoms with van der Waals surface area (Å²) in [6.45, 7) is 0. The van der Waals surface area contributed by atoms with E-state index in [1.807, 2.05) is 36.4 Å². The number of aryl methyl sites for hydroxylation is 1. The van der Waals surface area contributed by atoms with E-state index in [1.165, 1.54) is 7.11 Å². The van der Waals surface area contributed by atoms with Crippen LogP contribution in [0.15, 0.2) is 48.5 Å². The molecule has 0 heterocycles. The summed E-state index contributed by atoms with van der Waals surface area (Å²) in [5.74, 6) is 0.680. The fourth-order valence-electron chi connectivity index (χ4n) is 2.59. The van der Waals surface area contributed by atoms with E-state index in [1.54, 1.807) is 12.1 Å². The minimum atomic E-state index is -0.510. The molecule has 0 saturated carbocycles. The maximum atomic E-state index is 12.0. The van der Waals surface area contributed by atoms with Gasteiger partial charge in [0.2, 0.25) is 0 Å². The van der Waals surface area contributed by atoms with Crippen LogP contribution < -0.4 is 4.74 Å². The molecule has 2 aromatic rings. The first-order valence-electron chi connectivity index (χ1n) is 8.18. The molecule has 0 amide bonds. The van der Waals surface area contributed by atoms with Gasteiger partial charge in [0.1, 0.15) is 5.78 Å². The topological polar surface area (TPSA) is 66.8 Å². The van der Waals surface area contributed by atoms with Gasteiger partial charge >= 0.3 is 0 Å². The van der Waals surface area contributed by atoms with E-state index in [-0.39, 0.29) is 11.5 Å². The van der Waals surface area contributed by atoms with E-state index in [9.17, 15) is 15.0 Å². The molecule has 0 aliphatic rings. The van der Waals surface area contributed by atoms with Crippen LogP contribution in [0.5, 0.6) is 11.5 Å². The van der Waals surface area contributed by atoms with Gasteiger partial charge in [0.15, 0.2) is 11.5 Å². The van der Waals surface area contributed by atoms with Crippen LogP contribution in [0, 0.1) is 0 Å². The van der Waals surface area contributed by atoms with Crippen molar-refractivity contribution in [2.45, 2.75) is 38.2 Å². The fourth-order valence-corrected chi connectivity index (χ4v) is 2.59. The second kappa shape index (κ2) is 9.08. The Morgan fingerprint density at radius 1 is 1.08 bits per heavy atom. The molecule has 0 bridgehead atoms. The average Bonchev–Trinajstić information content (AvgIpc) is 2.60. The van der Waals surface area contributed by atoms with Crippen molar-refractivity contribution < 1.29 is 19.7 Å². The first kappa shape index (κ1) is 18.0. The van der Waals surface area contributed by atoms with Crippen molar-refractivity contribution >= 4 is 5.78 Å². The molecular formula is C20H24O4. The smallest absolute Gasteiger partial charge is 0.160 e. The lowest BCUT2D eigenvalue weighted by molar-refractivity contribution is -0.119. The second-order valence-corrected chi connectivity index (χ2v) is 5.94. The highest BCUT2D eigenvalue weighted by Crippen LogP contribution is 2.27. The molecule has 4 nitrogen and oxygen atoms in total. The molecule has 2 rings (SSSR count). The SMILES string of the molecule is COc1cc(CC[C@@H](O)CCC(=O)Cc2ccccc2)ccc1O. The molecule has 2 N–H and O–H groups in total. The maximum Gasteiger partial charge on any atom is 0.160 e. The molecule has 0 fully saturated rings. The summed E-state index contributed by atoms with van der Waals surface area (Å²) in [6.07, 6.45) is 2.01. The summed E-state index contributed by atoms with van der Waals surface area (Å²) in [7, 11) is 1.51. The number of methoxy groups -OCH3 is 1. The van der Waals surface area contributed by atoms with Crippen LogP contribution in [-0.2, 0) is 17.6 Å². The zero-order valence-electron chi connectivity index (χ0n) is 13.9. The van der Waals surface area contributed by atoms with Gasteiger partial charge in [-0.15, -0.1) is 0 Å². The lowest BCUT2D eigenvalue weighted by Gasteiger charge is -2.11. The normalized spacial score (nSPS) is 11.9. The van der Waals surface area contributed by atoms with E-state index in [0.29, 0.717) is 37.9 Å². The van der Waals surface area contributed by atoms with Crippen LogP contribution in [0.2, 0.25) is 0 Å². The van der Waals surface area contributed by atoms with Gasteiger partial charge in [-0.2, -0.15) is 0 Å². The molecule has 0 radical (unpaired) electrons. The molecule has 0 saturated heterocycles. The average molecular weight is 328 g/mol. The largest absolute Gasteiger partial charge is 0.504 e. The molecule has 128 valence electrons. The monoisotopic (exact) mass is 328 g/mol. The summed E-state index contributed by atoms with van der Waals surface area (Å²) in [6, 6.07) is 14.8. The van der Waals surface area contributed by atoms with Gasteiger partial charge in [-0.3, -0.25) is 4.79 Å². The highest BCUT2D eigenvalue weighted by molar-refractivity contribution is 5.80. The predicted octanol–water partition coefficient (Wildman–Crippen LogP) is 3.29. The van der Waals surface area contributed by atoms with Crippen LogP contribution in [0.3, 0.4) is 0 Å². The molecule has 0 aromatic heterocycles. The number of phenols is 1. The zero-order valence-corrected chi connectivity index (χ0v) is 13.9. The number of aliphatic hydroxyl groups is 1. The number of aromatic hydroxyl groups is 1. The molecule has 0 aliphatic carbocycles. The van der Waals surface area contributed by atoms with E-state index in [2.05, 4.69) is 0 Å². The number of hydrogen-bond donors (Lipinski definition) is 2. The molecule has 2 aromatic carbocycles. The molecule has 0 aliphatic heterocycles. The Bertz CT molecular complexity index is 652. The molecule has 24 heavy (non-hydrogen) atoms. The van der Waals surface area contributed by atoms with Gasteiger partial charge in [-0.25, -0.2) is 0 Å². The van der Waals surface area contributed by atoms with E-state index in [4.69, 9.17) is 4.74 Å². The van der Waals surface area contributed by atoms with Crippen molar-refractivity contribution in [2.24, 2.45) is 0 Å². The number of ketones is 1. The third-order valence-electron chi connectivity index (χ3n) is 4.01. The van der Waals surface area contributed by atoms with Crippen molar-refractivity contribution in [2.75, 3.05) is 7.11 Å². The highest BCUT2D eigenvalue weighted by Gasteiger charge is 2.10. The number of phenolic OH excluding ortho intramolecular Hbond substituents is 1. The van der Waals surface area contributed by atoms with Crippen LogP contribution in [0.25, 0.3) is 0 Å². The summed E-state index contributed by atoms with van der Waals surface area (Å²) in [5.41, 5.74) is 1.99. The lowest BCUT2D eigenvalue weighted by atomic mass is 10.00. The minimum absolute atomic E-state index is 0.105.